The number of rotatable bonds is 6. The third kappa shape index (κ3) is 3.45. The van der Waals surface area contributed by atoms with E-state index in [4.69, 9.17) is 0 Å². The Morgan fingerprint density at radius 1 is 1.34 bits per heavy atom. The lowest BCUT2D eigenvalue weighted by atomic mass is 9.82. The van der Waals surface area contributed by atoms with Gasteiger partial charge in [0.05, 0.1) is 34.6 Å². The summed E-state index contributed by atoms with van der Waals surface area (Å²) in [4.78, 5) is 26.5. The van der Waals surface area contributed by atoms with Crippen molar-refractivity contribution < 1.29 is 24.4 Å². The first kappa shape index (κ1) is 19.7. The number of amides is 1. The molecule has 0 saturated carbocycles. The maximum atomic E-state index is 12.3. The number of carboxylic acid groups (broad SMARTS) is 1. The Morgan fingerprint density at radius 3 is 2.69 bits per heavy atom. The lowest BCUT2D eigenvalue weighted by Gasteiger charge is -2.45. The van der Waals surface area contributed by atoms with Crippen LogP contribution in [0.5, 0.6) is 0 Å². The molecule has 0 spiro atoms. The van der Waals surface area contributed by atoms with Crippen molar-refractivity contribution >= 4 is 29.2 Å². The van der Waals surface area contributed by atoms with Gasteiger partial charge in [-0.15, -0.1) is 11.8 Å². The number of carbonyl (C=O) groups is 2. The van der Waals surface area contributed by atoms with E-state index in [0.29, 0.717) is 18.5 Å². The van der Waals surface area contributed by atoms with Gasteiger partial charge in [-0.05, 0) is 36.8 Å². The van der Waals surface area contributed by atoms with E-state index in [9.17, 15) is 19.8 Å². The number of carboxylic acids is 1. The molecule has 1 saturated heterocycles. The fraction of sp³-hybridized carbons (Fsp3) is 0.318. The zero-order valence-electron chi connectivity index (χ0n) is 16.2. The van der Waals surface area contributed by atoms with Crippen molar-refractivity contribution in [3.8, 4) is 0 Å². The Morgan fingerprint density at radius 2 is 2.07 bits per heavy atom. The molecule has 1 N–H and O–H groups in total. The summed E-state index contributed by atoms with van der Waals surface area (Å²) in [5.41, 5.74) is 2.39. The fourth-order valence-electron chi connectivity index (χ4n) is 4.26. The second kappa shape index (κ2) is 7.65. The van der Waals surface area contributed by atoms with Gasteiger partial charge in [-0.3, -0.25) is 4.79 Å². The van der Waals surface area contributed by atoms with E-state index in [1.165, 1.54) is 9.80 Å². The van der Waals surface area contributed by atoms with E-state index in [0.717, 1.165) is 11.1 Å². The SMILES string of the molecule is CSc1ccc[n+](Cc2ccc(C3=C(C(=O)[O-])N4C(=O)[C@H]([C@@H](C)O)[C@H]4C3)cc2)c1. The molecule has 0 aliphatic carbocycles. The molecule has 1 aromatic carbocycles. The molecule has 0 radical (unpaired) electrons. The first-order valence-electron chi connectivity index (χ1n) is 9.48. The third-order valence-corrected chi connectivity index (χ3v) is 6.37. The number of carbonyl (C=O) groups excluding carboxylic acids is 2. The van der Waals surface area contributed by atoms with Crippen LogP contribution < -0.4 is 9.67 Å². The second-order valence-corrected chi connectivity index (χ2v) is 8.35. The number of pyridine rings is 1. The zero-order chi connectivity index (χ0) is 20.7. The van der Waals surface area contributed by atoms with Crippen molar-refractivity contribution in [1.29, 1.82) is 0 Å². The highest BCUT2D eigenvalue weighted by molar-refractivity contribution is 7.98. The predicted octanol–water partition coefficient (Wildman–Crippen LogP) is 0.817. The number of aliphatic hydroxyl groups is 1. The quantitative estimate of drug-likeness (QED) is 0.433. The van der Waals surface area contributed by atoms with Gasteiger partial charge in [0, 0.05) is 11.6 Å². The molecule has 1 aromatic heterocycles. The van der Waals surface area contributed by atoms with Crippen LogP contribution in [-0.4, -0.2) is 40.3 Å². The number of benzene rings is 1. The van der Waals surface area contributed by atoms with Gasteiger partial charge in [0.1, 0.15) is 0 Å². The molecule has 3 atom stereocenters. The molecule has 0 bridgehead atoms. The third-order valence-electron chi connectivity index (χ3n) is 5.66. The molecule has 1 amide bonds. The Bertz CT molecular complexity index is 1000. The van der Waals surface area contributed by atoms with Crippen LogP contribution in [0, 0.1) is 5.92 Å². The molecule has 2 aromatic rings. The average Bonchev–Trinajstić information content (AvgIpc) is 3.03. The number of nitrogens with zero attached hydrogens (tertiary/aromatic N) is 2. The van der Waals surface area contributed by atoms with Crippen LogP contribution in [-0.2, 0) is 16.1 Å². The van der Waals surface area contributed by atoms with Gasteiger partial charge in [0.2, 0.25) is 5.91 Å². The zero-order valence-corrected chi connectivity index (χ0v) is 17.1. The van der Waals surface area contributed by atoms with Gasteiger partial charge < -0.3 is 19.9 Å². The topological polar surface area (TPSA) is 84.5 Å². The molecule has 6 nitrogen and oxygen atoms in total. The molecule has 2 aliphatic heterocycles. The monoisotopic (exact) mass is 410 g/mol. The summed E-state index contributed by atoms with van der Waals surface area (Å²) in [6, 6.07) is 11.5. The van der Waals surface area contributed by atoms with Crippen LogP contribution in [0.15, 0.2) is 59.4 Å². The first-order chi connectivity index (χ1) is 13.9. The first-order valence-corrected chi connectivity index (χ1v) is 10.7. The van der Waals surface area contributed by atoms with Crippen molar-refractivity contribution in [2.24, 2.45) is 5.92 Å². The summed E-state index contributed by atoms with van der Waals surface area (Å²) in [5.74, 6) is -2.25. The minimum atomic E-state index is -1.35. The molecule has 1 fully saturated rings. The predicted molar refractivity (Wildman–Crippen MR) is 106 cm³/mol. The maximum Gasteiger partial charge on any atom is 0.235 e. The Hall–Kier alpha value is -2.64. The number of aliphatic carboxylic acids is 1. The number of aliphatic hydroxyl groups excluding tert-OH is 1. The van der Waals surface area contributed by atoms with E-state index in [-0.39, 0.29) is 17.6 Å². The fourth-order valence-corrected chi connectivity index (χ4v) is 4.71. The number of hydrogen-bond donors (Lipinski definition) is 1. The second-order valence-electron chi connectivity index (χ2n) is 7.47. The van der Waals surface area contributed by atoms with Crippen molar-refractivity contribution in [2.75, 3.05) is 6.26 Å². The maximum absolute atomic E-state index is 12.3. The number of thioether (sulfide) groups is 1. The van der Waals surface area contributed by atoms with Crippen LogP contribution in [0.1, 0.15) is 24.5 Å². The van der Waals surface area contributed by atoms with E-state index in [1.807, 2.05) is 42.8 Å². The van der Waals surface area contributed by atoms with Gasteiger partial charge in [0.15, 0.2) is 18.9 Å². The minimum Gasteiger partial charge on any atom is -0.543 e. The molecule has 4 rings (SSSR count). The van der Waals surface area contributed by atoms with Gasteiger partial charge in [-0.25, -0.2) is 0 Å². The van der Waals surface area contributed by atoms with Crippen LogP contribution in [0.2, 0.25) is 0 Å². The standard InChI is InChI=1S/C22H22N2O4S/c1-13(25)19-18-10-17(20(22(27)28)24(18)21(19)26)15-7-5-14(6-8-15)11-23-9-3-4-16(12-23)29-2/h3-9,12-13,18-19,25H,10-11H2,1-2H3/t13-,18-,19-/m1/s1. The van der Waals surface area contributed by atoms with Crippen LogP contribution in [0.25, 0.3) is 5.57 Å². The summed E-state index contributed by atoms with van der Waals surface area (Å²) >= 11 is 1.69. The lowest BCUT2D eigenvalue weighted by Crippen LogP contribution is -2.62. The molecule has 2 aliphatic rings. The molecule has 3 heterocycles. The van der Waals surface area contributed by atoms with Crippen LogP contribution >= 0.6 is 11.8 Å². The van der Waals surface area contributed by atoms with E-state index in [1.54, 1.807) is 18.7 Å². The summed E-state index contributed by atoms with van der Waals surface area (Å²) < 4.78 is 2.10. The Labute approximate surface area is 173 Å². The molecular formula is C22H22N2O4S. The Kier molecular flexibility index (Phi) is 5.19. The number of β-lactam (4-membered cyclic amide) rings is 1. The van der Waals surface area contributed by atoms with Gasteiger partial charge in [0.25, 0.3) is 0 Å². The van der Waals surface area contributed by atoms with Gasteiger partial charge in [-0.2, -0.15) is 4.57 Å². The van der Waals surface area contributed by atoms with E-state index in [2.05, 4.69) is 16.8 Å². The highest BCUT2D eigenvalue weighted by Gasteiger charge is 2.55. The summed E-state index contributed by atoms with van der Waals surface area (Å²) in [6.07, 6.45) is 5.73. The lowest BCUT2D eigenvalue weighted by molar-refractivity contribution is -0.690. The van der Waals surface area contributed by atoms with Crippen molar-refractivity contribution in [1.82, 2.24) is 4.90 Å². The normalized spacial score (nSPS) is 21.8. The van der Waals surface area contributed by atoms with E-state index >= 15 is 0 Å². The molecule has 0 unspecified atom stereocenters. The largest absolute Gasteiger partial charge is 0.543 e. The van der Waals surface area contributed by atoms with Crippen molar-refractivity contribution in [3.63, 3.8) is 0 Å². The van der Waals surface area contributed by atoms with Crippen molar-refractivity contribution in [2.45, 2.75) is 36.9 Å². The van der Waals surface area contributed by atoms with Crippen LogP contribution in [0.4, 0.5) is 0 Å². The summed E-state index contributed by atoms with van der Waals surface area (Å²) in [5, 5.41) is 21.6. The molecule has 7 heteroatoms. The van der Waals surface area contributed by atoms with Gasteiger partial charge >= 0.3 is 0 Å². The highest BCUT2D eigenvalue weighted by atomic mass is 32.2. The average molecular weight is 410 g/mol. The number of fused-ring (bicyclic) bond motifs is 1. The van der Waals surface area contributed by atoms with Crippen molar-refractivity contribution in [3.05, 3.63) is 65.6 Å². The summed E-state index contributed by atoms with van der Waals surface area (Å²) in [6.45, 7) is 2.27. The molecule has 29 heavy (non-hydrogen) atoms. The highest BCUT2D eigenvalue weighted by Crippen LogP contribution is 2.46. The Balaban J connectivity index is 1.58. The summed E-state index contributed by atoms with van der Waals surface area (Å²) in [7, 11) is 0. The van der Waals surface area contributed by atoms with Gasteiger partial charge in [-0.1, -0.05) is 24.3 Å². The molecular weight excluding hydrogens is 388 g/mol. The van der Waals surface area contributed by atoms with Crippen LogP contribution in [0.3, 0.4) is 0 Å². The smallest absolute Gasteiger partial charge is 0.235 e. The minimum absolute atomic E-state index is 0.0632. The van der Waals surface area contributed by atoms with E-state index < -0.39 is 18.0 Å². The number of hydrogen-bond acceptors (Lipinski definition) is 5. The number of aromatic nitrogens is 1. The molecule has 150 valence electrons.